The molecule has 1 aromatic rings. The van der Waals surface area contributed by atoms with Gasteiger partial charge in [-0.15, -0.1) is 0 Å². The minimum Gasteiger partial charge on any atom is -0.381 e. The number of nitrogens with one attached hydrogen (secondary N) is 1. The third kappa shape index (κ3) is 4.13. The van der Waals surface area contributed by atoms with Gasteiger partial charge in [0.2, 0.25) is 5.91 Å². The Hall–Kier alpha value is -1.39. The molecule has 0 fully saturated rings. The Morgan fingerprint density at radius 1 is 1.39 bits per heavy atom. The molecule has 0 saturated heterocycles. The largest absolute Gasteiger partial charge is 0.381 e. The molecule has 1 atom stereocenters. The molecule has 4 nitrogen and oxygen atoms in total. The van der Waals surface area contributed by atoms with E-state index in [1.807, 2.05) is 44.2 Å². The minimum atomic E-state index is -0.523. The molecule has 0 saturated carbocycles. The van der Waals surface area contributed by atoms with Crippen LogP contribution < -0.4 is 11.1 Å². The first-order chi connectivity index (χ1) is 8.62. The van der Waals surface area contributed by atoms with E-state index in [-0.39, 0.29) is 5.91 Å². The Bertz CT molecular complexity index is 367. The van der Waals surface area contributed by atoms with E-state index in [0.29, 0.717) is 26.2 Å². The maximum Gasteiger partial charge on any atom is 0.223 e. The van der Waals surface area contributed by atoms with Crippen LogP contribution in [0.1, 0.15) is 25.8 Å². The second kappa shape index (κ2) is 7.13. The number of ether oxygens (including phenoxy) is 1. The average Bonchev–Trinajstić information content (AvgIpc) is 2.40. The number of hydrogen-bond acceptors (Lipinski definition) is 3. The van der Waals surface area contributed by atoms with Gasteiger partial charge < -0.3 is 15.8 Å². The molecule has 4 heteroatoms. The maximum absolute atomic E-state index is 11.8. The molecular formula is C14H22N2O2. The van der Waals surface area contributed by atoms with E-state index in [1.165, 1.54) is 0 Å². The summed E-state index contributed by atoms with van der Waals surface area (Å²) in [4.78, 5) is 11.8. The fraction of sp³-hybridized carbons (Fsp3) is 0.500. The van der Waals surface area contributed by atoms with Crippen LogP contribution in [-0.2, 0) is 15.1 Å². The van der Waals surface area contributed by atoms with Crippen LogP contribution in [0.2, 0.25) is 0 Å². The lowest BCUT2D eigenvalue weighted by Gasteiger charge is -2.30. The van der Waals surface area contributed by atoms with Crippen molar-refractivity contribution < 1.29 is 9.53 Å². The number of hydrogen-bond donors (Lipinski definition) is 2. The maximum atomic E-state index is 11.8. The summed E-state index contributed by atoms with van der Waals surface area (Å²) in [5.41, 5.74) is 6.28. The third-order valence-electron chi connectivity index (χ3n) is 2.91. The zero-order valence-electron chi connectivity index (χ0n) is 11.1. The van der Waals surface area contributed by atoms with Crippen molar-refractivity contribution in [2.75, 3.05) is 19.8 Å². The molecule has 0 aromatic heterocycles. The predicted octanol–water partition coefficient (Wildman–Crippen LogP) is 1.40. The van der Waals surface area contributed by atoms with Crippen LogP contribution in [0.15, 0.2) is 30.3 Å². The monoisotopic (exact) mass is 250 g/mol. The lowest BCUT2D eigenvalue weighted by molar-refractivity contribution is -0.123. The second-order valence-electron chi connectivity index (χ2n) is 4.40. The molecule has 18 heavy (non-hydrogen) atoms. The summed E-state index contributed by atoms with van der Waals surface area (Å²) < 4.78 is 5.17. The smallest absolute Gasteiger partial charge is 0.223 e. The first-order valence-electron chi connectivity index (χ1n) is 6.26. The van der Waals surface area contributed by atoms with Crippen molar-refractivity contribution >= 4 is 5.91 Å². The van der Waals surface area contributed by atoms with E-state index < -0.39 is 5.54 Å². The van der Waals surface area contributed by atoms with Crippen molar-refractivity contribution in [3.8, 4) is 0 Å². The Balaban J connectivity index is 2.63. The van der Waals surface area contributed by atoms with Crippen LogP contribution in [0, 0.1) is 0 Å². The highest BCUT2D eigenvalue weighted by molar-refractivity contribution is 5.77. The van der Waals surface area contributed by atoms with Gasteiger partial charge in [0.1, 0.15) is 0 Å². The van der Waals surface area contributed by atoms with Gasteiger partial charge >= 0.3 is 0 Å². The highest BCUT2D eigenvalue weighted by atomic mass is 16.5. The fourth-order valence-electron chi connectivity index (χ4n) is 1.73. The molecule has 0 aliphatic carbocycles. The number of amides is 1. The van der Waals surface area contributed by atoms with E-state index >= 15 is 0 Å². The molecular weight excluding hydrogens is 228 g/mol. The zero-order chi connectivity index (χ0) is 13.4. The lowest BCUT2D eigenvalue weighted by atomic mass is 9.92. The van der Waals surface area contributed by atoms with Crippen LogP contribution in [0.4, 0.5) is 0 Å². The fourth-order valence-corrected chi connectivity index (χ4v) is 1.73. The summed E-state index contributed by atoms with van der Waals surface area (Å²) >= 11 is 0. The van der Waals surface area contributed by atoms with Gasteiger partial charge in [-0.2, -0.15) is 0 Å². The van der Waals surface area contributed by atoms with E-state index in [1.54, 1.807) is 0 Å². The van der Waals surface area contributed by atoms with Gasteiger partial charge in [0.05, 0.1) is 12.1 Å². The zero-order valence-corrected chi connectivity index (χ0v) is 11.1. The van der Waals surface area contributed by atoms with Gasteiger partial charge in [0.25, 0.3) is 0 Å². The molecule has 1 aromatic carbocycles. The molecule has 0 aliphatic rings. The first kappa shape index (κ1) is 14.7. The van der Waals surface area contributed by atoms with Gasteiger partial charge in [-0.1, -0.05) is 30.3 Å². The highest BCUT2D eigenvalue weighted by Crippen LogP contribution is 2.19. The SMILES string of the molecule is CCOCCC(=O)NC(C)(CN)c1ccccc1. The van der Waals surface area contributed by atoms with Crippen molar-refractivity contribution in [2.24, 2.45) is 5.73 Å². The normalized spacial score (nSPS) is 13.9. The van der Waals surface area contributed by atoms with E-state index in [2.05, 4.69) is 5.32 Å². The topological polar surface area (TPSA) is 64.3 Å². The van der Waals surface area contributed by atoms with Gasteiger partial charge in [0.15, 0.2) is 0 Å². The third-order valence-corrected chi connectivity index (χ3v) is 2.91. The van der Waals surface area contributed by atoms with Gasteiger partial charge in [-0.25, -0.2) is 0 Å². The Kier molecular flexibility index (Phi) is 5.82. The van der Waals surface area contributed by atoms with Gasteiger partial charge in [-0.3, -0.25) is 4.79 Å². The van der Waals surface area contributed by atoms with Crippen LogP contribution in [-0.4, -0.2) is 25.7 Å². The van der Waals surface area contributed by atoms with Crippen molar-refractivity contribution in [3.05, 3.63) is 35.9 Å². The van der Waals surface area contributed by atoms with Crippen LogP contribution in [0.5, 0.6) is 0 Å². The molecule has 0 aliphatic heterocycles. The lowest BCUT2D eigenvalue weighted by Crippen LogP contribution is -2.49. The van der Waals surface area contributed by atoms with Gasteiger partial charge in [-0.05, 0) is 19.4 Å². The van der Waals surface area contributed by atoms with Crippen LogP contribution >= 0.6 is 0 Å². The van der Waals surface area contributed by atoms with E-state index in [4.69, 9.17) is 10.5 Å². The number of carbonyl (C=O) groups excluding carboxylic acids is 1. The standard InChI is InChI=1S/C14H22N2O2/c1-3-18-10-9-13(17)16-14(2,11-15)12-7-5-4-6-8-12/h4-8H,3,9-11,15H2,1-2H3,(H,16,17). The number of benzene rings is 1. The summed E-state index contributed by atoms with van der Waals surface area (Å²) in [6.07, 6.45) is 0.357. The minimum absolute atomic E-state index is 0.0414. The quantitative estimate of drug-likeness (QED) is 0.719. The molecule has 0 heterocycles. The van der Waals surface area contributed by atoms with E-state index in [0.717, 1.165) is 5.56 Å². The van der Waals surface area contributed by atoms with E-state index in [9.17, 15) is 4.79 Å². The molecule has 0 radical (unpaired) electrons. The van der Waals surface area contributed by atoms with Crippen molar-refractivity contribution in [3.63, 3.8) is 0 Å². The predicted molar refractivity (Wildman–Crippen MR) is 72.1 cm³/mol. The molecule has 0 spiro atoms. The molecule has 1 rings (SSSR count). The average molecular weight is 250 g/mol. The molecule has 0 bridgehead atoms. The Labute approximate surface area is 109 Å². The molecule has 1 unspecified atom stereocenters. The number of nitrogens with two attached hydrogens (primary N) is 1. The van der Waals surface area contributed by atoms with Crippen molar-refractivity contribution in [1.82, 2.24) is 5.32 Å². The van der Waals surface area contributed by atoms with Crippen LogP contribution in [0.25, 0.3) is 0 Å². The summed E-state index contributed by atoms with van der Waals surface area (Å²) in [5.74, 6) is -0.0414. The summed E-state index contributed by atoms with van der Waals surface area (Å²) in [6, 6.07) is 9.76. The van der Waals surface area contributed by atoms with Crippen molar-refractivity contribution in [1.29, 1.82) is 0 Å². The second-order valence-corrected chi connectivity index (χ2v) is 4.40. The Morgan fingerprint density at radius 2 is 2.06 bits per heavy atom. The van der Waals surface area contributed by atoms with Crippen molar-refractivity contribution in [2.45, 2.75) is 25.8 Å². The van der Waals surface area contributed by atoms with Gasteiger partial charge in [0, 0.05) is 19.6 Å². The molecule has 100 valence electrons. The number of rotatable bonds is 7. The number of carbonyl (C=O) groups is 1. The molecule has 1 amide bonds. The first-order valence-corrected chi connectivity index (χ1v) is 6.26. The summed E-state index contributed by atoms with van der Waals surface area (Å²) in [5, 5.41) is 2.97. The summed E-state index contributed by atoms with van der Waals surface area (Å²) in [6.45, 7) is 5.27. The summed E-state index contributed by atoms with van der Waals surface area (Å²) in [7, 11) is 0. The Morgan fingerprint density at radius 3 is 2.61 bits per heavy atom. The van der Waals surface area contributed by atoms with Crippen LogP contribution in [0.3, 0.4) is 0 Å². The highest BCUT2D eigenvalue weighted by Gasteiger charge is 2.26. The molecule has 3 N–H and O–H groups in total.